The van der Waals surface area contributed by atoms with Crippen LogP contribution < -0.4 is 12.4 Å². The highest BCUT2D eigenvalue weighted by molar-refractivity contribution is 6.07. The van der Waals surface area contributed by atoms with Crippen LogP contribution in [0.1, 0.15) is 0 Å². The molecule has 27 heavy (non-hydrogen) atoms. The molecule has 0 N–H and O–H groups in total. The summed E-state index contributed by atoms with van der Waals surface area (Å²) in [7, 11) is 0. The van der Waals surface area contributed by atoms with E-state index in [0.717, 1.165) is 37.3 Å². The van der Waals surface area contributed by atoms with Crippen LogP contribution in [0.4, 0.5) is 0 Å². The topological polar surface area (TPSA) is 40.5 Å². The minimum Gasteiger partial charge on any atom is -1.00 e. The molecule has 0 amide bonds. The normalized spacial score (nSPS) is 21.9. The Morgan fingerprint density at radius 1 is 0.963 bits per heavy atom. The van der Waals surface area contributed by atoms with Gasteiger partial charge in [0.1, 0.15) is 19.6 Å². The van der Waals surface area contributed by atoms with Gasteiger partial charge < -0.3 is 30.9 Å². The van der Waals surface area contributed by atoms with Crippen LogP contribution >= 0.6 is 0 Å². The second-order valence-electron chi connectivity index (χ2n) is 7.50. The number of nitrogens with zero attached hydrogens (tertiary/aromatic N) is 2. The minimum absolute atomic E-state index is 0. The molecule has 0 bridgehead atoms. The van der Waals surface area contributed by atoms with Crippen molar-refractivity contribution in [1.29, 1.82) is 0 Å². The fourth-order valence-corrected chi connectivity index (χ4v) is 4.60. The first-order chi connectivity index (χ1) is 12.7. The van der Waals surface area contributed by atoms with E-state index in [1.165, 1.54) is 21.8 Å². The van der Waals surface area contributed by atoms with Crippen molar-refractivity contribution in [1.82, 2.24) is 4.57 Å². The van der Waals surface area contributed by atoms with Crippen LogP contribution in [0.5, 0.6) is 0 Å². The van der Waals surface area contributed by atoms with E-state index in [2.05, 4.69) is 53.1 Å². The Labute approximate surface area is 164 Å². The Balaban J connectivity index is 0.00000180. The molecule has 1 aromatic heterocycles. The zero-order valence-electron chi connectivity index (χ0n) is 15.1. The summed E-state index contributed by atoms with van der Waals surface area (Å²) in [6.07, 6.45) is -0.103. The number of ether oxygens (including phenoxy) is 2. The molecule has 2 aromatic carbocycles. The smallest absolute Gasteiger partial charge is 0.362 e. The number of hydrogen-bond donors (Lipinski definition) is 0. The molecule has 2 saturated heterocycles. The second-order valence-corrected chi connectivity index (χ2v) is 7.50. The molecule has 3 aromatic rings. The number of benzene rings is 2. The highest BCUT2D eigenvalue weighted by Gasteiger charge is 2.42. The molecule has 3 heterocycles. The molecule has 2 aliphatic heterocycles. The molecule has 0 saturated carbocycles. The van der Waals surface area contributed by atoms with Gasteiger partial charge in [-0.05, 0) is 12.1 Å². The number of carbonyl (C=O) groups is 1. The first-order valence-corrected chi connectivity index (χ1v) is 9.32. The summed E-state index contributed by atoms with van der Waals surface area (Å²) < 4.78 is 14.4. The lowest BCUT2D eigenvalue weighted by Gasteiger charge is -2.45. The fraction of sp³-hybridized carbons (Fsp3) is 0.381. The quantitative estimate of drug-likeness (QED) is 0.443. The molecule has 1 atom stereocenters. The van der Waals surface area contributed by atoms with E-state index < -0.39 is 0 Å². The van der Waals surface area contributed by atoms with Gasteiger partial charge >= 0.3 is 5.97 Å². The Morgan fingerprint density at radius 2 is 1.56 bits per heavy atom. The fourth-order valence-electron chi connectivity index (χ4n) is 4.60. The van der Waals surface area contributed by atoms with Crippen molar-refractivity contribution in [3.05, 3.63) is 48.5 Å². The van der Waals surface area contributed by atoms with Gasteiger partial charge in [0.15, 0.2) is 12.6 Å². The predicted octanol–water partition coefficient (Wildman–Crippen LogP) is -0.429. The number of quaternary nitrogens is 1. The molecule has 1 spiro atoms. The highest BCUT2D eigenvalue weighted by atomic mass is 35.5. The molecule has 5 nitrogen and oxygen atoms in total. The van der Waals surface area contributed by atoms with Gasteiger partial charge in [0.25, 0.3) is 0 Å². The maximum absolute atomic E-state index is 12.3. The number of fused-ring (bicyclic) bond motifs is 3. The summed E-state index contributed by atoms with van der Waals surface area (Å²) in [5, 5.41) is 2.50. The summed E-state index contributed by atoms with van der Waals surface area (Å²) in [6, 6.07) is 16.9. The van der Waals surface area contributed by atoms with Crippen molar-refractivity contribution < 1.29 is 31.2 Å². The number of carbonyl (C=O) groups excluding carboxylic acids is 1. The first-order valence-electron chi connectivity index (χ1n) is 9.32. The third kappa shape index (κ3) is 3.20. The molecule has 0 aliphatic carbocycles. The molecule has 6 heteroatoms. The van der Waals surface area contributed by atoms with E-state index in [4.69, 9.17) is 9.47 Å². The molecular formula is C21H23ClN2O3. The molecule has 2 fully saturated rings. The predicted molar refractivity (Wildman–Crippen MR) is 99.9 cm³/mol. The van der Waals surface area contributed by atoms with Crippen molar-refractivity contribution in [2.45, 2.75) is 12.6 Å². The number of para-hydroxylation sites is 2. The van der Waals surface area contributed by atoms with Gasteiger partial charge in [-0.15, -0.1) is 0 Å². The minimum atomic E-state index is -0.103. The second kappa shape index (κ2) is 7.15. The summed E-state index contributed by atoms with van der Waals surface area (Å²) >= 11 is 0. The van der Waals surface area contributed by atoms with E-state index in [1.807, 2.05) is 0 Å². The average molecular weight is 387 g/mol. The van der Waals surface area contributed by atoms with Crippen LogP contribution in [0.2, 0.25) is 0 Å². The van der Waals surface area contributed by atoms with E-state index >= 15 is 0 Å². The van der Waals surface area contributed by atoms with Crippen LogP contribution in [-0.4, -0.2) is 60.5 Å². The number of aromatic nitrogens is 1. The van der Waals surface area contributed by atoms with Crippen LogP contribution in [0.15, 0.2) is 48.5 Å². The lowest BCUT2D eigenvalue weighted by molar-refractivity contribution is -0.935. The molecule has 0 radical (unpaired) electrons. The number of esters is 1. The molecule has 2 aliphatic rings. The summed E-state index contributed by atoms with van der Waals surface area (Å²) in [5.74, 6) is -0.0797. The lowest BCUT2D eigenvalue weighted by atomic mass is 10.1. The molecule has 5 rings (SSSR count). The Hall–Kier alpha value is -2.08. The maximum Gasteiger partial charge on any atom is 0.362 e. The van der Waals surface area contributed by atoms with Gasteiger partial charge in [-0.25, -0.2) is 4.79 Å². The molecular weight excluding hydrogens is 364 g/mol. The Bertz CT molecular complexity index is 925. The number of morpholine rings is 2. The highest BCUT2D eigenvalue weighted by Crippen LogP contribution is 2.30. The summed E-state index contributed by atoms with van der Waals surface area (Å²) in [5.41, 5.74) is 2.40. The van der Waals surface area contributed by atoms with E-state index in [9.17, 15) is 4.79 Å². The first kappa shape index (κ1) is 18.3. The van der Waals surface area contributed by atoms with Gasteiger partial charge in [-0.2, -0.15) is 0 Å². The third-order valence-electron chi connectivity index (χ3n) is 5.84. The van der Waals surface area contributed by atoms with Gasteiger partial charge in [-0.1, -0.05) is 36.4 Å². The van der Waals surface area contributed by atoms with Gasteiger partial charge in [0.2, 0.25) is 0 Å². The van der Waals surface area contributed by atoms with Crippen LogP contribution in [0.3, 0.4) is 0 Å². The van der Waals surface area contributed by atoms with Gasteiger partial charge in [-0.3, -0.25) is 0 Å². The number of halogens is 1. The standard InChI is InChI=1S/C21H23N2O3.ClH/c24-21-15-23(9-11-25-12-10-23)14-16(26-21)13-22-19-7-3-1-5-17(19)18-6-2-4-8-20(18)22;/h1-8,16H,9-15H2;1H/q+1;/p-1. The van der Waals surface area contributed by atoms with Gasteiger partial charge in [0, 0.05) is 21.8 Å². The van der Waals surface area contributed by atoms with Crippen LogP contribution in [0, 0.1) is 0 Å². The van der Waals surface area contributed by atoms with Crippen molar-refractivity contribution in [2.24, 2.45) is 0 Å². The van der Waals surface area contributed by atoms with Gasteiger partial charge in [0.05, 0.1) is 19.8 Å². The SMILES string of the molecule is O=C1C[N+]2(CCOCC2)CC(Cn2c3ccccc3c3ccccc32)O1.[Cl-]. The summed E-state index contributed by atoms with van der Waals surface area (Å²) in [4.78, 5) is 12.3. The molecule has 142 valence electrons. The average Bonchev–Trinajstić information content (AvgIpc) is 2.96. The largest absolute Gasteiger partial charge is 1.00 e. The lowest BCUT2D eigenvalue weighted by Crippen LogP contribution is -3.00. The third-order valence-corrected chi connectivity index (χ3v) is 5.84. The van der Waals surface area contributed by atoms with Crippen molar-refractivity contribution in [2.75, 3.05) is 39.4 Å². The molecule has 1 unspecified atom stereocenters. The Kier molecular flexibility index (Phi) is 4.84. The Morgan fingerprint density at radius 3 is 2.19 bits per heavy atom. The number of cyclic esters (lactones) is 1. The van der Waals surface area contributed by atoms with Crippen molar-refractivity contribution in [3.8, 4) is 0 Å². The maximum atomic E-state index is 12.3. The summed E-state index contributed by atoms with van der Waals surface area (Å²) in [6.45, 7) is 5.31. The van der Waals surface area contributed by atoms with Crippen molar-refractivity contribution in [3.63, 3.8) is 0 Å². The zero-order valence-corrected chi connectivity index (χ0v) is 15.9. The van der Waals surface area contributed by atoms with E-state index in [0.29, 0.717) is 13.1 Å². The number of hydrogen-bond acceptors (Lipinski definition) is 3. The van der Waals surface area contributed by atoms with E-state index in [1.54, 1.807) is 0 Å². The monoisotopic (exact) mass is 386 g/mol. The zero-order chi connectivity index (χ0) is 17.6. The van der Waals surface area contributed by atoms with Crippen LogP contribution in [0.25, 0.3) is 21.8 Å². The number of rotatable bonds is 2. The van der Waals surface area contributed by atoms with E-state index in [-0.39, 0.29) is 24.5 Å². The van der Waals surface area contributed by atoms with Crippen molar-refractivity contribution >= 4 is 27.8 Å². The van der Waals surface area contributed by atoms with Crippen LogP contribution in [-0.2, 0) is 20.8 Å².